The van der Waals surface area contributed by atoms with Crippen LogP contribution in [0.3, 0.4) is 0 Å². The molecule has 2 aromatic rings. The Balaban J connectivity index is 2.00. The Morgan fingerprint density at radius 1 is 1.04 bits per heavy atom. The monoisotopic (exact) mass is 328 g/mol. The van der Waals surface area contributed by atoms with Gasteiger partial charge in [0.25, 0.3) is 0 Å². The minimum Gasteiger partial charge on any atom is -0.469 e. The van der Waals surface area contributed by atoms with Gasteiger partial charge in [-0.25, -0.2) is 9.97 Å². The highest BCUT2D eigenvalue weighted by Gasteiger charge is 2.08. The second-order valence-corrected chi connectivity index (χ2v) is 5.30. The van der Waals surface area contributed by atoms with Crippen LogP contribution in [-0.4, -0.2) is 29.0 Å². The van der Waals surface area contributed by atoms with Gasteiger partial charge in [-0.1, -0.05) is 6.07 Å². The van der Waals surface area contributed by atoms with Crippen LogP contribution < -0.4 is 10.6 Å². The first kappa shape index (κ1) is 17.4. The third kappa shape index (κ3) is 5.35. The number of hydrogen-bond acceptors (Lipinski definition) is 6. The highest BCUT2D eigenvalue weighted by atomic mass is 16.5. The van der Waals surface area contributed by atoms with Crippen molar-refractivity contribution in [1.29, 1.82) is 0 Å². The zero-order valence-electron chi connectivity index (χ0n) is 13.9. The van der Waals surface area contributed by atoms with Crippen molar-refractivity contribution in [1.82, 2.24) is 9.97 Å². The molecule has 0 radical (unpaired) electrons. The Kier molecular flexibility index (Phi) is 5.83. The molecule has 1 aromatic heterocycles. The number of carbonyl (C=O) groups is 2. The fraction of sp³-hybridized carbons (Fsp3) is 0.294. The third-order valence-electron chi connectivity index (χ3n) is 3.17. The summed E-state index contributed by atoms with van der Waals surface area (Å²) in [5.74, 6) is -0.158. The molecule has 0 unspecified atom stereocenters. The van der Waals surface area contributed by atoms with E-state index in [4.69, 9.17) is 0 Å². The number of nitrogens with one attached hydrogen (secondary N) is 2. The number of amides is 1. The second-order valence-electron chi connectivity index (χ2n) is 5.30. The van der Waals surface area contributed by atoms with Gasteiger partial charge in [0, 0.05) is 29.2 Å². The number of esters is 1. The predicted octanol–water partition coefficient (Wildman–Crippen LogP) is 2.73. The smallest absolute Gasteiger partial charge is 0.306 e. The molecule has 126 valence electrons. The van der Waals surface area contributed by atoms with Crippen molar-refractivity contribution in [2.75, 3.05) is 17.7 Å². The highest BCUT2D eigenvalue weighted by molar-refractivity contribution is 5.93. The minimum atomic E-state index is -0.410. The fourth-order valence-corrected chi connectivity index (χ4v) is 2.13. The van der Waals surface area contributed by atoms with Gasteiger partial charge in [0.1, 0.15) is 0 Å². The molecule has 1 aromatic carbocycles. The molecule has 0 atom stereocenters. The molecule has 0 spiro atoms. The molecule has 0 aliphatic heterocycles. The van der Waals surface area contributed by atoms with E-state index in [2.05, 4.69) is 25.3 Å². The summed E-state index contributed by atoms with van der Waals surface area (Å²) in [5.41, 5.74) is 3.12. The number of benzene rings is 1. The van der Waals surface area contributed by atoms with Gasteiger partial charge in [-0.15, -0.1) is 0 Å². The maximum absolute atomic E-state index is 11.8. The Labute approximate surface area is 140 Å². The Morgan fingerprint density at radius 3 is 2.38 bits per heavy atom. The number of aromatic nitrogens is 2. The summed E-state index contributed by atoms with van der Waals surface area (Å²) in [7, 11) is 1.30. The molecule has 24 heavy (non-hydrogen) atoms. The second kappa shape index (κ2) is 8.05. The van der Waals surface area contributed by atoms with Gasteiger partial charge in [-0.2, -0.15) is 0 Å². The summed E-state index contributed by atoms with van der Waals surface area (Å²) < 4.78 is 4.51. The summed E-state index contributed by atoms with van der Waals surface area (Å²) in [5, 5.41) is 5.85. The van der Waals surface area contributed by atoms with E-state index in [0.29, 0.717) is 11.6 Å². The van der Waals surface area contributed by atoms with Crippen molar-refractivity contribution in [2.45, 2.75) is 26.7 Å². The topological polar surface area (TPSA) is 93.2 Å². The highest BCUT2D eigenvalue weighted by Crippen LogP contribution is 2.19. The Hall–Kier alpha value is -2.96. The summed E-state index contributed by atoms with van der Waals surface area (Å²) in [6, 6.07) is 9.09. The molecule has 0 fully saturated rings. The molecular weight excluding hydrogens is 308 g/mol. The largest absolute Gasteiger partial charge is 0.469 e. The number of aryl methyl sites for hydroxylation is 2. The normalized spacial score (nSPS) is 10.1. The van der Waals surface area contributed by atoms with Crippen LogP contribution in [0.2, 0.25) is 0 Å². The van der Waals surface area contributed by atoms with Gasteiger partial charge in [0.05, 0.1) is 13.5 Å². The molecule has 0 aliphatic carbocycles. The molecule has 2 N–H and O–H groups in total. The first-order valence-corrected chi connectivity index (χ1v) is 7.52. The van der Waals surface area contributed by atoms with E-state index in [1.54, 1.807) is 18.2 Å². The van der Waals surface area contributed by atoms with Crippen molar-refractivity contribution in [3.05, 3.63) is 41.7 Å². The molecule has 7 heteroatoms. The van der Waals surface area contributed by atoms with Gasteiger partial charge in [0.15, 0.2) is 0 Å². The summed E-state index contributed by atoms with van der Waals surface area (Å²) in [4.78, 5) is 31.5. The first-order chi connectivity index (χ1) is 11.5. The van der Waals surface area contributed by atoms with E-state index >= 15 is 0 Å². The van der Waals surface area contributed by atoms with Crippen LogP contribution in [0.5, 0.6) is 0 Å². The van der Waals surface area contributed by atoms with Crippen LogP contribution in [0.25, 0.3) is 0 Å². The zero-order valence-corrected chi connectivity index (χ0v) is 13.9. The molecule has 0 bridgehead atoms. The van der Waals surface area contributed by atoms with Crippen molar-refractivity contribution >= 4 is 29.2 Å². The molecule has 0 saturated heterocycles. The van der Waals surface area contributed by atoms with Crippen molar-refractivity contribution < 1.29 is 14.3 Å². The van der Waals surface area contributed by atoms with Gasteiger partial charge < -0.3 is 15.4 Å². The minimum absolute atomic E-state index is 0.0523. The molecule has 2 rings (SSSR count). The number of ether oxygens (including phenoxy) is 1. The summed E-state index contributed by atoms with van der Waals surface area (Å²) in [6.45, 7) is 3.80. The molecule has 0 saturated carbocycles. The number of hydrogen-bond donors (Lipinski definition) is 2. The predicted molar refractivity (Wildman–Crippen MR) is 91.1 cm³/mol. The van der Waals surface area contributed by atoms with Crippen LogP contribution >= 0.6 is 0 Å². The van der Waals surface area contributed by atoms with Crippen molar-refractivity contribution in [2.24, 2.45) is 0 Å². The lowest BCUT2D eigenvalue weighted by Gasteiger charge is -2.09. The molecule has 7 nitrogen and oxygen atoms in total. The SMILES string of the molecule is COC(=O)CCC(=O)Nc1cccc(Nc2nc(C)cc(C)n2)c1. The first-order valence-electron chi connectivity index (χ1n) is 7.52. The van der Waals surface area contributed by atoms with Crippen LogP contribution in [0.15, 0.2) is 30.3 Å². The number of methoxy groups -OCH3 is 1. The van der Waals surface area contributed by atoms with E-state index in [-0.39, 0.29) is 18.7 Å². The van der Waals surface area contributed by atoms with Gasteiger partial charge in [-0.3, -0.25) is 9.59 Å². The number of nitrogens with zero attached hydrogens (tertiary/aromatic N) is 2. The quantitative estimate of drug-likeness (QED) is 0.792. The van der Waals surface area contributed by atoms with Crippen LogP contribution in [-0.2, 0) is 14.3 Å². The summed E-state index contributed by atoms with van der Waals surface area (Å²) >= 11 is 0. The average Bonchev–Trinajstić information content (AvgIpc) is 2.52. The van der Waals surface area contributed by atoms with E-state index in [9.17, 15) is 9.59 Å². The zero-order chi connectivity index (χ0) is 17.5. The molecule has 1 heterocycles. The molecule has 1 amide bonds. The van der Waals surface area contributed by atoms with E-state index in [1.807, 2.05) is 26.0 Å². The number of rotatable bonds is 6. The maximum Gasteiger partial charge on any atom is 0.306 e. The number of carbonyl (C=O) groups excluding carboxylic acids is 2. The van der Waals surface area contributed by atoms with E-state index in [1.165, 1.54) is 7.11 Å². The van der Waals surface area contributed by atoms with Crippen LogP contribution in [0.1, 0.15) is 24.2 Å². The number of anilines is 3. The molecular formula is C17H20N4O3. The van der Waals surface area contributed by atoms with Crippen LogP contribution in [0.4, 0.5) is 17.3 Å². The molecule has 0 aliphatic rings. The van der Waals surface area contributed by atoms with Gasteiger partial charge in [0.2, 0.25) is 11.9 Å². The third-order valence-corrected chi connectivity index (χ3v) is 3.17. The van der Waals surface area contributed by atoms with Crippen LogP contribution in [0, 0.1) is 13.8 Å². The lowest BCUT2D eigenvalue weighted by atomic mass is 10.2. The van der Waals surface area contributed by atoms with E-state index in [0.717, 1.165) is 17.1 Å². The average molecular weight is 328 g/mol. The van der Waals surface area contributed by atoms with Crippen molar-refractivity contribution in [3.8, 4) is 0 Å². The lowest BCUT2D eigenvalue weighted by molar-refractivity contribution is -0.141. The van der Waals surface area contributed by atoms with E-state index < -0.39 is 5.97 Å². The maximum atomic E-state index is 11.8. The Bertz CT molecular complexity index is 726. The van der Waals surface area contributed by atoms with Gasteiger partial charge >= 0.3 is 5.97 Å². The standard InChI is InChI=1S/C17H20N4O3/c1-11-9-12(2)19-17(18-11)21-14-6-4-5-13(10-14)20-15(22)7-8-16(23)24-3/h4-6,9-10H,7-8H2,1-3H3,(H,20,22)(H,18,19,21). The van der Waals surface area contributed by atoms with Gasteiger partial charge in [-0.05, 0) is 38.1 Å². The van der Waals surface area contributed by atoms with Crippen molar-refractivity contribution in [3.63, 3.8) is 0 Å². The summed E-state index contributed by atoms with van der Waals surface area (Å²) in [6.07, 6.45) is 0.126. The lowest BCUT2D eigenvalue weighted by Crippen LogP contribution is -2.14. The fourth-order valence-electron chi connectivity index (χ4n) is 2.13. The Morgan fingerprint density at radius 2 is 1.71 bits per heavy atom.